The molecule has 0 saturated heterocycles. The van der Waals surface area contributed by atoms with Gasteiger partial charge in [-0.1, -0.05) is 30.2 Å². The number of imidazole rings is 1. The number of hydrogen-bond donors (Lipinski definition) is 0. The summed E-state index contributed by atoms with van der Waals surface area (Å²) in [5, 5.41) is 5.75. The van der Waals surface area contributed by atoms with Crippen LogP contribution in [0, 0.1) is 12.3 Å². The maximum Gasteiger partial charge on any atom is 0.151 e. The first kappa shape index (κ1) is 17.7. The van der Waals surface area contributed by atoms with Gasteiger partial charge in [0.15, 0.2) is 5.82 Å². The van der Waals surface area contributed by atoms with Gasteiger partial charge in [-0.15, -0.1) is 0 Å². The van der Waals surface area contributed by atoms with Crippen LogP contribution in [-0.2, 0) is 18.5 Å². The lowest BCUT2D eigenvalue weighted by molar-refractivity contribution is -0.187. The standard InChI is InChI=1S/C23H26ClN5/c1-16-11-28(15-25-16)23-12-22(13-23,14-23)10-20-26-21-19(7-2-3-8-29(21)27-20)17-5-4-6-18(24)9-17/h4-6,9,11,15,19H,2-3,7-8,10,12-14H2,1H3/t19-,22?,23?/m0/s1. The first-order chi connectivity index (χ1) is 14.0. The predicted molar refractivity (Wildman–Crippen MR) is 112 cm³/mol. The summed E-state index contributed by atoms with van der Waals surface area (Å²) in [5.41, 5.74) is 3.09. The zero-order valence-electron chi connectivity index (χ0n) is 16.8. The van der Waals surface area contributed by atoms with Gasteiger partial charge >= 0.3 is 0 Å². The second-order valence-electron chi connectivity index (χ2n) is 9.57. The number of benzene rings is 1. The van der Waals surface area contributed by atoms with Crippen molar-refractivity contribution in [2.45, 2.75) is 69.9 Å². The average Bonchev–Trinajstić information content (AvgIpc) is 3.18. The number of hydrogen-bond acceptors (Lipinski definition) is 3. The molecule has 5 nitrogen and oxygen atoms in total. The average molecular weight is 408 g/mol. The smallest absolute Gasteiger partial charge is 0.151 e. The van der Waals surface area contributed by atoms with Crippen LogP contribution < -0.4 is 0 Å². The van der Waals surface area contributed by atoms with E-state index in [2.05, 4.69) is 39.5 Å². The van der Waals surface area contributed by atoms with Gasteiger partial charge < -0.3 is 4.57 Å². The molecule has 1 aromatic carbocycles. The second kappa shape index (κ2) is 6.18. The monoisotopic (exact) mass is 407 g/mol. The Morgan fingerprint density at radius 2 is 2.07 bits per heavy atom. The van der Waals surface area contributed by atoms with Crippen LogP contribution in [0.4, 0.5) is 0 Å². The molecule has 0 N–H and O–H groups in total. The molecule has 1 aliphatic heterocycles. The summed E-state index contributed by atoms with van der Waals surface area (Å²) < 4.78 is 4.52. The molecule has 1 atom stereocenters. The Morgan fingerprint density at radius 1 is 1.21 bits per heavy atom. The van der Waals surface area contributed by atoms with Crippen LogP contribution in [0.5, 0.6) is 0 Å². The van der Waals surface area contributed by atoms with E-state index >= 15 is 0 Å². The second-order valence-corrected chi connectivity index (χ2v) is 10.0. The molecule has 2 bridgehead atoms. The molecular weight excluding hydrogens is 382 g/mol. The van der Waals surface area contributed by atoms with Crippen molar-refractivity contribution in [3.05, 3.63) is 64.7 Å². The van der Waals surface area contributed by atoms with Crippen LogP contribution in [0.1, 0.15) is 67.3 Å². The number of aryl methyl sites for hydroxylation is 2. The highest BCUT2D eigenvalue weighted by Gasteiger charge is 2.68. The molecule has 150 valence electrons. The number of aromatic nitrogens is 5. The van der Waals surface area contributed by atoms with Crippen molar-refractivity contribution in [2.24, 2.45) is 5.41 Å². The Bertz CT molecular complexity index is 1060. The van der Waals surface area contributed by atoms with E-state index in [1.54, 1.807) is 0 Å². The van der Waals surface area contributed by atoms with Crippen LogP contribution in [0.25, 0.3) is 0 Å². The normalized spacial score (nSPS) is 30.2. The third-order valence-corrected chi connectivity index (χ3v) is 7.56. The maximum atomic E-state index is 6.27. The zero-order valence-corrected chi connectivity index (χ0v) is 17.6. The highest BCUT2D eigenvalue weighted by atomic mass is 35.5. The van der Waals surface area contributed by atoms with Crippen LogP contribution >= 0.6 is 11.6 Å². The maximum absolute atomic E-state index is 6.27. The molecule has 0 unspecified atom stereocenters. The molecule has 3 aliphatic carbocycles. The molecule has 3 aromatic rings. The number of nitrogens with zero attached hydrogens (tertiary/aromatic N) is 5. The lowest BCUT2D eigenvalue weighted by atomic mass is 9.38. The molecule has 0 radical (unpaired) electrons. The summed E-state index contributed by atoms with van der Waals surface area (Å²) in [5.74, 6) is 2.46. The zero-order chi connectivity index (χ0) is 19.6. The predicted octanol–water partition coefficient (Wildman–Crippen LogP) is 4.87. The first-order valence-corrected chi connectivity index (χ1v) is 11.1. The van der Waals surface area contributed by atoms with Crippen LogP contribution in [0.3, 0.4) is 0 Å². The van der Waals surface area contributed by atoms with Crippen molar-refractivity contribution in [1.82, 2.24) is 24.3 Å². The Balaban J connectivity index is 1.23. The van der Waals surface area contributed by atoms with Crippen molar-refractivity contribution in [1.29, 1.82) is 0 Å². The van der Waals surface area contributed by atoms with Gasteiger partial charge in [0.25, 0.3) is 0 Å². The van der Waals surface area contributed by atoms with Crippen molar-refractivity contribution < 1.29 is 0 Å². The SMILES string of the molecule is Cc1cn(C23CC(Cc4nc5n(n4)CCCC[C@H]5c4cccc(Cl)c4)(C2)C3)cn1. The fourth-order valence-corrected chi connectivity index (χ4v) is 6.29. The molecule has 3 saturated carbocycles. The van der Waals surface area contributed by atoms with Crippen molar-refractivity contribution in [2.75, 3.05) is 0 Å². The highest BCUT2D eigenvalue weighted by Crippen LogP contribution is 2.72. The van der Waals surface area contributed by atoms with E-state index in [0.29, 0.717) is 16.9 Å². The fourth-order valence-electron chi connectivity index (χ4n) is 6.09. The largest absolute Gasteiger partial charge is 0.331 e. The topological polar surface area (TPSA) is 48.5 Å². The number of rotatable bonds is 4. The Kier molecular flexibility index (Phi) is 3.77. The van der Waals surface area contributed by atoms with E-state index in [1.807, 2.05) is 18.5 Å². The van der Waals surface area contributed by atoms with Crippen LogP contribution in [0.15, 0.2) is 36.8 Å². The molecular formula is C23H26ClN5. The lowest BCUT2D eigenvalue weighted by Crippen LogP contribution is -2.68. The number of fused-ring (bicyclic) bond motifs is 1. The third-order valence-electron chi connectivity index (χ3n) is 7.32. The molecule has 2 aromatic heterocycles. The van der Waals surface area contributed by atoms with Gasteiger partial charge in [0.05, 0.1) is 12.0 Å². The van der Waals surface area contributed by atoms with Crippen molar-refractivity contribution in [3.8, 4) is 0 Å². The summed E-state index contributed by atoms with van der Waals surface area (Å²) in [6, 6.07) is 8.26. The van der Waals surface area contributed by atoms with E-state index in [4.69, 9.17) is 21.7 Å². The minimum atomic E-state index is 0.297. The van der Waals surface area contributed by atoms with Gasteiger partial charge in [-0.2, -0.15) is 5.10 Å². The third kappa shape index (κ3) is 2.77. The van der Waals surface area contributed by atoms with Gasteiger partial charge in [-0.05, 0) is 62.1 Å². The molecule has 7 rings (SSSR count). The minimum Gasteiger partial charge on any atom is -0.331 e. The molecule has 0 spiro atoms. The Labute approximate surface area is 176 Å². The highest BCUT2D eigenvalue weighted by molar-refractivity contribution is 6.30. The molecule has 6 heteroatoms. The van der Waals surface area contributed by atoms with Gasteiger partial charge in [-0.25, -0.2) is 14.6 Å². The van der Waals surface area contributed by atoms with E-state index in [0.717, 1.165) is 41.8 Å². The van der Waals surface area contributed by atoms with E-state index < -0.39 is 0 Å². The van der Waals surface area contributed by atoms with Crippen LogP contribution in [0.2, 0.25) is 5.02 Å². The lowest BCUT2D eigenvalue weighted by Gasteiger charge is -2.71. The van der Waals surface area contributed by atoms with E-state index in [1.165, 1.54) is 37.7 Å². The first-order valence-electron chi connectivity index (χ1n) is 10.7. The summed E-state index contributed by atoms with van der Waals surface area (Å²) in [7, 11) is 0. The van der Waals surface area contributed by atoms with Gasteiger partial charge in [0, 0.05) is 35.6 Å². The van der Waals surface area contributed by atoms with Gasteiger partial charge in [0.1, 0.15) is 5.82 Å². The molecule has 3 fully saturated rings. The minimum absolute atomic E-state index is 0.297. The van der Waals surface area contributed by atoms with Gasteiger partial charge in [-0.3, -0.25) is 0 Å². The quantitative estimate of drug-likeness (QED) is 0.619. The fraction of sp³-hybridized carbons (Fsp3) is 0.522. The molecule has 0 amide bonds. The molecule has 29 heavy (non-hydrogen) atoms. The van der Waals surface area contributed by atoms with Crippen molar-refractivity contribution in [3.63, 3.8) is 0 Å². The van der Waals surface area contributed by atoms with Crippen LogP contribution in [-0.4, -0.2) is 24.3 Å². The van der Waals surface area contributed by atoms with Gasteiger partial charge in [0.2, 0.25) is 0 Å². The summed E-state index contributed by atoms with van der Waals surface area (Å²) in [4.78, 5) is 9.50. The summed E-state index contributed by atoms with van der Waals surface area (Å²) >= 11 is 6.27. The van der Waals surface area contributed by atoms with E-state index in [9.17, 15) is 0 Å². The summed E-state index contributed by atoms with van der Waals surface area (Å²) in [6.45, 7) is 3.04. The molecule has 4 aliphatic rings. The number of halogens is 1. The van der Waals surface area contributed by atoms with E-state index in [-0.39, 0.29) is 0 Å². The molecule has 3 heterocycles. The summed E-state index contributed by atoms with van der Waals surface area (Å²) in [6.07, 6.45) is 12.4. The Morgan fingerprint density at radius 3 is 2.83 bits per heavy atom. The Hall–Kier alpha value is -2.14. The van der Waals surface area contributed by atoms with Crippen molar-refractivity contribution >= 4 is 11.6 Å².